The van der Waals surface area contributed by atoms with Crippen LogP contribution in [-0.4, -0.2) is 44.3 Å². The lowest BCUT2D eigenvalue weighted by Gasteiger charge is -2.39. The van der Waals surface area contributed by atoms with E-state index in [0.717, 1.165) is 4.90 Å². The number of fused-ring (bicyclic) bond motifs is 7. The Hall–Kier alpha value is -6.39. The molecule has 3 aliphatic heterocycles. The van der Waals surface area contributed by atoms with Crippen LogP contribution in [0.1, 0.15) is 32.6 Å². The second-order valence-electron chi connectivity index (χ2n) is 13.7. The van der Waals surface area contributed by atoms with E-state index in [1.165, 1.54) is 25.3 Å². The molecule has 0 aromatic heterocycles. The molecule has 2 bridgehead atoms. The predicted octanol–water partition coefficient (Wildman–Crippen LogP) is 6.77. The molecule has 5 aromatic carbocycles. The number of nitrogens with zero attached hydrogens (tertiary/aromatic N) is 1. The van der Waals surface area contributed by atoms with E-state index in [-0.39, 0.29) is 35.6 Å². The Kier molecular flexibility index (Phi) is 6.91. The number of carbonyl (C=O) groups excluding carboxylic acids is 4. The van der Waals surface area contributed by atoms with Gasteiger partial charge in [-0.15, -0.1) is 0 Å². The second-order valence-corrected chi connectivity index (χ2v) is 14.1. The van der Waals surface area contributed by atoms with E-state index in [9.17, 15) is 4.79 Å². The van der Waals surface area contributed by atoms with Crippen LogP contribution in [0.15, 0.2) is 115 Å². The normalized spacial score (nSPS) is 24.4. The number of benzene rings is 5. The number of hydrogen-bond donors (Lipinski definition) is 0. The molecule has 1 saturated carbocycles. The Morgan fingerprint density at radius 3 is 1.61 bits per heavy atom. The van der Waals surface area contributed by atoms with Crippen molar-refractivity contribution >= 4 is 52.0 Å². The minimum atomic E-state index is -1.68. The number of halogens is 1. The van der Waals surface area contributed by atoms with Gasteiger partial charge in [0.15, 0.2) is 28.8 Å². The predicted molar refractivity (Wildman–Crippen MR) is 195 cm³/mol. The summed E-state index contributed by atoms with van der Waals surface area (Å²) in [4.78, 5) is 60.9. The van der Waals surface area contributed by atoms with Gasteiger partial charge in [-0.25, -0.2) is 9.69 Å². The summed E-state index contributed by atoms with van der Waals surface area (Å²) < 4.78 is 28.0. The highest BCUT2D eigenvalue weighted by molar-refractivity contribution is 6.39. The van der Waals surface area contributed by atoms with Gasteiger partial charge in [-0.2, -0.15) is 0 Å². The highest BCUT2D eigenvalue weighted by Gasteiger charge is 2.83. The van der Waals surface area contributed by atoms with Crippen LogP contribution in [0, 0.1) is 11.8 Å². The van der Waals surface area contributed by atoms with Crippen molar-refractivity contribution in [2.24, 2.45) is 11.8 Å². The van der Waals surface area contributed by atoms with Crippen LogP contribution in [0.25, 0.3) is 11.1 Å². The smallest absolute Gasteiger partial charge is 0.339 e. The van der Waals surface area contributed by atoms with Gasteiger partial charge in [-0.1, -0.05) is 84.4 Å². The van der Waals surface area contributed by atoms with E-state index in [0.29, 0.717) is 56.4 Å². The summed E-state index contributed by atoms with van der Waals surface area (Å²) in [5.74, 6) is -2.52. The molecule has 10 nitrogen and oxygen atoms in total. The second kappa shape index (κ2) is 11.6. The third-order valence-electron chi connectivity index (χ3n) is 11.4. The molecule has 0 radical (unpaired) electrons. The maximum Gasteiger partial charge on any atom is 0.339 e. The van der Waals surface area contributed by atoms with Crippen LogP contribution >= 0.6 is 11.6 Å². The average Bonchev–Trinajstić information content (AvgIpc) is 4.01. The van der Waals surface area contributed by atoms with Gasteiger partial charge in [0.2, 0.25) is 25.4 Å². The van der Waals surface area contributed by atoms with Crippen molar-refractivity contribution in [3.8, 4) is 23.0 Å². The Balaban J connectivity index is 1.34. The molecule has 4 atom stereocenters. The zero-order valence-corrected chi connectivity index (χ0v) is 29.3. The molecule has 3 heterocycles. The highest BCUT2D eigenvalue weighted by Crippen LogP contribution is 2.74. The van der Waals surface area contributed by atoms with Crippen molar-refractivity contribution in [3.05, 3.63) is 148 Å². The summed E-state index contributed by atoms with van der Waals surface area (Å²) in [5, 5.41) is 0.0958. The van der Waals surface area contributed by atoms with Crippen molar-refractivity contribution < 1.29 is 42.9 Å². The summed E-state index contributed by atoms with van der Waals surface area (Å²) in [7, 11) is 1.22. The van der Waals surface area contributed by atoms with Gasteiger partial charge in [0, 0.05) is 0 Å². The van der Waals surface area contributed by atoms with Crippen molar-refractivity contribution in [1.82, 2.24) is 0 Å². The molecule has 0 spiro atoms. The lowest BCUT2D eigenvalue weighted by Crippen LogP contribution is -2.45. The summed E-state index contributed by atoms with van der Waals surface area (Å²) in [6.45, 7) is 0.0652. The molecule has 266 valence electrons. The van der Waals surface area contributed by atoms with Crippen LogP contribution in [0.2, 0.25) is 5.02 Å². The molecular formula is C43H28ClNO9. The maximum absolute atomic E-state index is 16.3. The van der Waals surface area contributed by atoms with Gasteiger partial charge < -0.3 is 23.7 Å². The number of Topliss-reactive ketones (excluding diaryl/α,β-unsaturated/α-hetero) is 1. The van der Waals surface area contributed by atoms with Crippen LogP contribution in [-0.2, 0) is 30.0 Å². The van der Waals surface area contributed by atoms with Crippen LogP contribution in [0.4, 0.5) is 5.69 Å². The number of rotatable bonds is 6. The molecule has 2 fully saturated rings. The molecule has 5 aromatic rings. The number of esters is 1. The summed E-state index contributed by atoms with van der Waals surface area (Å²) >= 11 is 6.40. The van der Waals surface area contributed by atoms with E-state index in [1.54, 1.807) is 12.1 Å². The van der Waals surface area contributed by atoms with Gasteiger partial charge in [0.1, 0.15) is 0 Å². The number of carbonyl (C=O) groups is 4. The summed E-state index contributed by atoms with van der Waals surface area (Å²) in [5.41, 5.74) is 0.255. The Morgan fingerprint density at radius 2 is 1.13 bits per heavy atom. The van der Waals surface area contributed by atoms with Crippen molar-refractivity contribution in [2.75, 3.05) is 25.6 Å². The summed E-state index contributed by atoms with van der Waals surface area (Å²) in [6.07, 6.45) is 0. The minimum absolute atomic E-state index is 0.0101. The maximum atomic E-state index is 16.3. The zero-order valence-electron chi connectivity index (χ0n) is 28.5. The Labute approximate surface area is 313 Å². The third kappa shape index (κ3) is 4.00. The van der Waals surface area contributed by atoms with E-state index in [4.69, 9.17) is 35.3 Å². The molecule has 11 heteroatoms. The molecule has 2 amide bonds. The molecule has 1 saturated heterocycles. The van der Waals surface area contributed by atoms with E-state index in [2.05, 4.69) is 0 Å². The number of allylic oxidation sites excluding steroid dienone is 2. The number of anilines is 1. The highest BCUT2D eigenvalue weighted by atomic mass is 35.5. The number of ether oxygens (including phenoxy) is 5. The minimum Gasteiger partial charge on any atom is -0.465 e. The summed E-state index contributed by atoms with van der Waals surface area (Å²) in [6, 6.07) is 33.7. The fraction of sp³-hybridized carbons (Fsp3) is 0.163. The zero-order chi connectivity index (χ0) is 36.9. The van der Waals surface area contributed by atoms with Gasteiger partial charge in [-0.3, -0.25) is 14.4 Å². The first kappa shape index (κ1) is 32.3. The number of hydrogen-bond acceptors (Lipinski definition) is 9. The quantitative estimate of drug-likeness (QED) is 0.137. The number of imide groups is 1. The third-order valence-corrected chi connectivity index (χ3v) is 11.7. The average molecular weight is 738 g/mol. The number of amides is 2. The standard InChI is InChI=1S/C43H28ClNO9/c1-50-40(48)28-20-27(14-15-29(28)44)45-38(46)36-37(39(45)47)43(26-10-6-3-7-11-26)35(24-13-17-31-33(19-24)54-22-52-31)34(23-12-16-30-32(18-23)53-21-51-30)42(36,41(43)49)25-8-4-2-5-9-25/h2-20,36-37H,21-22H2,1H3/t36-,37-,42-,43-/m0/s1. The molecule has 0 N–H and O–H groups in total. The lowest BCUT2D eigenvalue weighted by molar-refractivity contribution is -0.130. The first-order valence-electron chi connectivity index (χ1n) is 17.3. The Bertz CT molecular complexity index is 2380. The SMILES string of the molecule is COC(=O)c1cc(N2C(=O)[C@@H]3[C@@H](C2=O)[C@@]2(c4ccccc4)C(=O)[C@@]3(c3ccccc3)C(c3ccc4c(c3)OCO4)=C2c2ccc3c(c2)OCO3)ccc1Cl. The van der Waals surface area contributed by atoms with Crippen LogP contribution in [0.3, 0.4) is 0 Å². The van der Waals surface area contributed by atoms with Crippen molar-refractivity contribution in [2.45, 2.75) is 10.8 Å². The first-order valence-corrected chi connectivity index (χ1v) is 17.7. The van der Waals surface area contributed by atoms with E-state index < -0.39 is 40.4 Å². The molecule has 0 unspecified atom stereocenters. The largest absolute Gasteiger partial charge is 0.465 e. The number of methoxy groups -OCH3 is 1. The monoisotopic (exact) mass is 737 g/mol. The van der Waals surface area contributed by atoms with Gasteiger partial charge in [0.25, 0.3) is 0 Å². The van der Waals surface area contributed by atoms with E-state index >= 15 is 14.4 Å². The molecule has 54 heavy (non-hydrogen) atoms. The van der Waals surface area contributed by atoms with Gasteiger partial charge in [-0.05, 0) is 75.9 Å². The van der Waals surface area contributed by atoms with Crippen LogP contribution < -0.4 is 23.8 Å². The van der Waals surface area contributed by atoms with Crippen molar-refractivity contribution in [3.63, 3.8) is 0 Å². The Morgan fingerprint density at radius 1 is 0.648 bits per heavy atom. The fourth-order valence-corrected chi connectivity index (χ4v) is 9.60. The van der Waals surface area contributed by atoms with Gasteiger partial charge in [0.05, 0.1) is 46.0 Å². The molecule has 5 aliphatic rings. The van der Waals surface area contributed by atoms with Crippen LogP contribution in [0.5, 0.6) is 23.0 Å². The van der Waals surface area contributed by atoms with E-state index in [1.807, 2.05) is 84.9 Å². The first-order chi connectivity index (χ1) is 26.3. The van der Waals surface area contributed by atoms with Crippen molar-refractivity contribution in [1.29, 1.82) is 0 Å². The fourth-order valence-electron chi connectivity index (χ4n) is 9.40. The number of ketones is 1. The lowest BCUT2D eigenvalue weighted by atomic mass is 9.59. The topological polar surface area (TPSA) is 118 Å². The molecule has 10 rings (SSSR count). The molecule has 2 aliphatic carbocycles. The molecular weight excluding hydrogens is 710 g/mol. The van der Waals surface area contributed by atoms with Gasteiger partial charge >= 0.3 is 5.97 Å².